The van der Waals surface area contributed by atoms with Gasteiger partial charge in [-0.1, -0.05) is 83.5 Å². The van der Waals surface area contributed by atoms with Gasteiger partial charge in [0.2, 0.25) is 5.82 Å². The number of likely N-dealkylation sites (tertiary alicyclic amines) is 1. The predicted octanol–water partition coefficient (Wildman–Crippen LogP) is 7.70. The second kappa shape index (κ2) is 13.2. The van der Waals surface area contributed by atoms with Crippen LogP contribution in [0.3, 0.4) is 0 Å². The molecule has 0 spiro atoms. The number of hydrogen-bond acceptors (Lipinski definition) is 7. The van der Waals surface area contributed by atoms with E-state index in [4.69, 9.17) is 21.9 Å². The second-order valence-corrected chi connectivity index (χ2v) is 13.4. The molecule has 1 saturated heterocycles. The van der Waals surface area contributed by atoms with Crippen molar-refractivity contribution in [2.45, 2.75) is 51.1 Å². The highest BCUT2D eigenvalue weighted by atomic mass is 35.5. The van der Waals surface area contributed by atoms with Gasteiger partial charge in [-0.3, -0.25) is 14.7 Å². The Kier molecular flexibility index (Phi) is 9.04. The van der Waals surface area contributed by atoms with Crippen LogP contribution >= 0.6 is 11.6 Å². The number of nitrogens with zero attached hydrogens (tertiary/aromatic N) is 4. The molecule has 0 aliphatic carbocycles. The zero-order valence-corrected chi connectivity index (χ0v) is 26.8. The molecule has 2 aromatic heterocycles. The highest BCUT2D eigenvalue weighted by molar-refractivity contribution is 6.33. The van der Waals surface area contributed by atoms with Gasteiger partial charge in [0.1, 0.15) is 0 Å². The second-order valence-electron chi connectivity index (χ2n) is 13.0. The van der Waals surface area contributed by atoms with Crippen LogP contribution in [-0.4, -0.2) is 49.7 Å². The molecule has 1 fully saturated rings. The van der Waals surface area contributed by atoms with E-state index in [1.54, 1.807) is 12.4 Å². The van der Waals surface area contributed by atoms with Gasteiger partial charge in [0.05, 0.1) is 5.41 Å². The lowest BCUT2D eigenvalue weighted by atomic mass is 9.73. The molecule has 1 aliphatic heterocycles. The third kappa shape index (κ3) is 7.04. The first-order chi connectivity index (χ1) is 22.1. The van der Waals surface area contributed by atoms with E-state index in [9.17, 15) is 9.90 Å². The van der Waals surface area contributed by atoms with Crippen LogP contribution in [0.25, 0.3) is 34.0 Å². The summed E-state index contributed by atoms with van der Waals surface area (Å²) in [5.41, 5.74) is 10.9. The number of rotatable bonds is 10. The summed E-state index contributed by atoms with van der Waals surface area (Å²) in [6, 6.07) is 27.7. The lowest BCUT2D eigenvalue weighted by molar-refractivity contribution is -0.152. The largest absolute Gasteiger partial charge is 0.481 e. The maximum Gasteiger partial charge on any atom is 0.310 e. The highest BCUT2D eigenvalue weighted by Crippen LogP contribution is 2.40. The van der Waals surface area contributed by atoms with E-state index in [1.807, 2.05) is 86.6 Å². The highest BCUT2D eigenvalue weighted by Gasteiger charge is 2.43. The fourth-order valence-corrected chi connectivity index (χ4v) is 6.68. The van der Waals surface area contributed by atoms with Crippen molar-refractivity contribution in [3.05, 3.63) is 113 Å². The Morgan fingerprint density at radius 2 is 1.72 bits per heavy atom. The van der Waals surface area contributed by atoms with Crippen LogP contribution in [0.1, 0.15) is 50.3 Å². The van der Waals surface area contributed by atoms with E-state index in [-0.39, 0.29) is 6.04 Å². The minimum Gasteiger partial charge on any atom is -0.481 e. The van der Waals surface area contributed by atoms with Crippen LogP contribution in [0.2, 0.25) is 5.02 Å². The summed E-state index contributed by atoms with van der Waals surface area (Å²) in [5, 5.41) is 15.1. The first kappa shape index (κ1) is 31.6. The Morgan fingerprint density at radius 3 is 2.35 bits per heavy atom. The van der Waals surface area contributed by atoms with E-state index in [0.29, 0.717) is 49.1 Å². The molecule has 1 atom stereocenters. The molecule has 8 nitrogen and oxygen atoms in total. The Labute approximate surface area is 274 Å². The van der Waals surface area contributed by atoms with Crippen LogP contribution in [-0.2, 0) is 11.2 Å². The zero-order chi connectivity index (χ0) is 32.3. The number of hydrogen-bond donors (Lipinski definition) is 2. The van der Waals surface area contributed by atoms with Crippen LogP contribution in [0, 0.1) is 5.41 Å². The van der Waals surface area contributed by atoms with Crippen molar-refractivity contribution < 1.29 is 14.4 Å². The number of nitrogens with two attached hydrogens (primary N) is 1. The molecule has 1 unspecified atom stereocenters. The molecule has 3 heterocycles. The summed E-state index contributed by atoms with van der Waals surface area (Å²) in [5.74, 6) is 0.134. The van der Waals surface area contributed by atoms with Crippen LogP contribution in [0.4, 0.5) is 0 Å². The monoisotopic (exact) mass is 635 g/mol. The van der Waals surface area contributed by atoms with E-state index in [0.717, 1.165) is 39.8 Å². The zero-order valence-electron chi connectivity index (χ0n) is 26.1. The normalized spacial score (nSPS) is 15.8. The molecular formula is C37H38ClN5O3. The summed E-state index contributed by atoms with van der Waals surface area (Å²) in [6.07, 6.45) is 5.78. The summed E-state index contributed by atoms with van der Waals surface area (Å²) in [4.78, 5) is 23.8. The van der Waals surface area contributed by atoms with Crippen molar-refractivity contribution in [3.63, 3.8) is 0 Å². The Morgan fingerprint density at radius 1 is 1.00 bits per heavy atom. The Hall–Kier alpha value is -4.37. The molecule has 236 valence electrons. The molecule has 0 amide bonds. The van der Waals surface area contributed by atoms with Gasteiger partial charge in [-0.2, -0.15) is 4.98 Å². The number of piperidine rings is 1. The van der Waals surface area contributed by atoms with Crippen molar-refractivity contribution in [2.75, 3.05) is 13.1 Å². The molecule has 0 radical (unpaired) electrons. The molecule has 1 aliphatic rings. The third-order valence-electron chi connectivity index (χ3n) is 8.91. The summed E-state index contributed by atoms with van der Waals surface area (Å²) < 4.78 is 5.63. The van der Waals surface area contributed by atoms with Crippen molar-refractivity contribution in [3.8, 4) is 34.0 Å². The number of halogens is 1. The van der Waals surface area contributed by atoms with E-state index in [2.05, 4.69) is 32.2 Å². The predicted molar refractivity (Wildman–Crippen MR) is 180 cm³/mol. The van der Waals surface area contributed by atoms with E-state index < -0.39 is 16.9 Å². The van der Waals surface area contributed by atoms with Crippen molar-refractivity contribution >= 4 is 17.6 Å². The Bertz CT molecular complexity index is 1780. The maximum atomic E-state index is 12.5. The van der Waals surface area contributed by atoms with Gasteiger partial charge in [0, 0.05) is 45.7 Å². The molecule has 3 aromatic carbocycles. The minimum atomic E-state index is -0.811. The van der Waals surface area contributed by atoms with Crippen LogP contribution in [0.15, 0.2) is 102 Å². The number of aliphatic carboxylic acids is 1. The SMILES string of the molecule is CC(C)(N)CC(c1ccc(-c2noc(-c3ccc(-c4ccccc4)c(Cl)c3)n2)cc1)N1CCC(Cc2cccnc2)(C(=O)O)CC1. The first-order valence-electron chi connectivity index (χ1n) is 15.5. The molecule has 0 saturated carbocycles. The number of benzene rings is 3. The minimum absolute atomic E-state index is 0.0327. The Balaban J connectivity index is 1.19. The van der Waals surface area contributed by atoms with Gasteiger partial charge in [-0.25, -0.2) is 0 Å². The summed E-state index contributed by atoms with van der Waals surface area (Å²) in [7, 11) is 0. The van der Waals surface area contributed by atoms with Crippen LogP contribution < -0.4 is 5.73 Å². The summed E-state index contributed by atoms with van der Waals surface area (Å²) in [6.45, 7) is 5.38. The number of pyridine rings is 1. The number of carboxylic acids is 1. The molecular weight excluding hydrogens is 598 g/mol. The van der Waals surface area contributed by atoms with Gasteiger partial charge >= 0.3 is 5.97 Å². The first-order valence-corrected chi connectivity index (χ1v) is 15.9. The topological polar surface area (TPSA) is 118 Å². The number of carbonyl (C=O) groups is 1. The van der Waals surface area contributed by atoms with Gasteiger partial charge in [0.15, 0.2) is 0 Å². The van der Waals surface area contributed by atoms with Gasteiger partial charge in [-0.05, 0) is 87.5 Å². The molecule has 5 aromatic rings. The summed E-state index contributed by atoms with van der Waals surface area (Å²) >= 11 is 6.63. The van der Waals surface area contributed by atoms with Gasteiger partial charge in [0.25, 0.3) is 5.89 Å². The van der Waals surface area contributed by atoms with E-state index in [1.165, 1.54) is 0 Å². The average Bonchev–Trinajstić information content (AvgIpc) is 3.55. The van der Waals surface area contributed by atoms with Crippen molar-refractivity contribution in [1.29, 1.82) is 0 Å². The van der Waals surface area contributed by atoms with E-state index >= 15 is 0 Å². The quantitative estimate of drug-likeness (QED) is 0.160. The maximum absolute atomic E-state index is 12.5. The average molecular weight is 636 g/mol. The number of aromatic nitrogens is 3. The standard InChI is InChI=1S/C37H38ClN5O3/c1-36(2,39)23-32(43-19-16-37(17-20-43,35(44)45)22-25-7-6-18-40-24-25)27-10-12-28(13-11-27)33-41-34(46-42-33)29-14-15-30(31(38)21-29)26-8-4-3-5-9-26/h3-15,18,21,24,32H,16-17,19-20,22-23,39H2,1-2H3,(H,44,45). The fourth-order valence-electron chi connectivity index (χ4n) is 6.39. The van der Waals surface area contributed by atoms with Crippen molar-refractivity contribution in [2.24, 2.45) is 11.1 Å². The van der Waals surface area contributed by atoms with Gasteiger partial charge < -0.3 is 15.4 Å². The lowest BCUT2D eigenvalue weighted by Gasteiger charge is -2.44. The fraction of sp³-hybridized carbons (Fsp3) is 0.297. The molecule has 0 bridgehead atoms. The molecule has 9 heteroatoms. The molecule has 6 rings (SSSR count). The van der Waals surface area contributed by atoms with Gasteiger partial charge in [-0.15, -0.1) is 0 Å². The van der Waals surface area contributed by atoms with Crippen molar-refractivity contribution in [1.82, 2.24) is 20.0 Å². The van der Waals surface area contributed by atoms with Crippen LogP contribution in [0.5, 0.6) is 0 Å². The third-order valence-corrected chi connectivity index (χ3v) is 9.23. The smallest absolute Gasteiger partial charge is 0.310 e. The number of carboxylic acid groups (broad SMARTS) is 1. The molecule has 3 N–H and O–H groups in total. The lowest BCUT2D eigenvalue weighted by Crippen LogP contribution is -2.48. The molecule has 46 heavy (non-hydrogen) atoms.